The van der Waals surface area contributed by atoms with Crippen molar-refractivity contribution in [1.82, 2.24) is 0 Å². The fraction of sp³-hybridized carbons (Fsp3) is 0.111. The average Bonchev–Trinajstić information content (AvgIpc) is 3.83. The zero-order chi connectivity index (χ0) is 40.0. The van der Waals surface area contributed by atoms with Crippen molar-refractivity contribution < 1.29 is 8.83 Å². The summed E-state index contributed by atoms with van der Waals surface area (Å²) in [4.78, 5) is 4.79. The first-order valence-electron chi connectivity index (χ1n) is 20.2. The van der Waals surface area contributed by atoms with Crippen molar-refractivity contribution in [2.75, 3.05) is 9.80 Å². The lowest BCUT2D eigenvalue weighted by Gasteiger charge is -2.42. The Bertz CT molecular complexity index is 3180. The lowest BCUT2D eigenvalue weighted by Crippen LogP contribution is -2.30. The van der Waals surface area contributed by atoms with E-state index in [-0.39, 0.29) is 10.8 Å². The minimum Gasteiger partial charge on any atom is -0.456 e. The number of rotatable bonds is 2. The van der Waals surface area contributed by atoms with E-state index in [0.29, 0.717) is 0 Å². The second-order valence-electron chi connectivity index (χ2n) is 16.7. The summed E-state index contributed by atoms with van der Waals surface area (Å²) >= 11 is 2.40. The van der Waals surface area contributed by atoms with Gasteiger partial charge < -0.3 is 18.6 Å². The number of benzene rings is 8. The van der Waals surface area contributed by atoms with Gasteiger partial charge in [-0.25, -0.2) is 0 Å². The van der Waals surface area contributed by atoms with Crippen molar-refractivity contribution in [2.45, 2.75) is 38.5 Å². The summed E-state index contributed by atoms with van der Waals surface area (Å²) in [6.07, 6.45) is 0. The zero-order valence-electron chi connectivity index (χ0n) is 33.3. The molecule has 0 atom stereocenters. The van der Waals surface area contributed by atoms with Gasteiger partial charge in [-0.05, 0) is 112 Å². The van der Waals surface area contributed by atoms with Crippen LogP contribution in [0.2, 0.25) is 0 Å². The van der Waals surface area contributed by atoms with Gasteiger partial charge in [0.25, 0.3) is 0 Å². The maximum absolute atomic E-state index is 6.17. The Labute approximate surface area is 357 Å². The molecule has 0 N–H and O–H groups in total. The fourth-order valence-corrected chi connectivity index (χ4v) is 10.4. The minimum atomic E-state index is -0.0523. The molecule has 8 aromatic carbocycles. The molecule has 0 amide bonds. The van der Waals surface area contributed by atoms with Crippen molar-refractivity contribution in [3.8, 4) is 0 Å². The van der Waals surface area contributed by atoms with Crippen LogP contribution in [0.3, 0.4) is 0 Å². The Kier molecular flexibility index (Phi) is 8.11. The quantitative estimate of drug-likeness (QED) is 0.162. The number of hydrogen-bond donors (Lipinski definition) is 0. The third kappa shape index (κ3) is 5.47. The van der Waals surface area contributed by atoms with Gasteiger partial charge in [0.1, 0.15) is 22.3 Å². The Hall–Kier alpha value is -6.31. The molecule has 0 saturated carbocycles. The van der Waals surface area contributed by atoms with Crippen LogP contribution in [0, 0.1) is 3.57 Å². The summed E-state index contributed by atoms with van der Waals surface area (Å²) in [5, 5.41) is 4.62. The van der Waals surface area contributed by atoms with Gasteiger partial charge in [-0.1, -0.05) is 137 Å². The summed E-state index contributed by atoms with van der Waals surface area (Å²) in [7, 11) is 0. The molecule has 0 saturated heterocycles. The van der Waals surface area contributed by atoms with E-state index in [1.54, 1.807) is 0 Å². The molecule has 2 aliphatic rings. The smallest absolute Gasteiger partial charge is 0.148 e. The molecule has 2 aliphatic heterocycles. The van der Waals surface area contributed by atoms with Gasteiger partial charge in [-0.3, -0.25) is 0 Å². The topological polar surface area (TPSA) is 32.8 Å². The largest absolute Gasteiger partial charge is 0.456 e. The molecule has 0 radical (unpaired) electrons. The van der Waals surface area contributed by atoms with E-state index in [2.05, 4.69) is 212 Å². The Morgan fingerprint density at radius 2 is 0.763 bits per heavy atom. The molecule has 10 aromatic rings. The molecule has 0 aliphatic carbocycles. The molecule has 0 unspecified atom stereocenters. The average molecular weight is 877 g/mol. The monoisotopic (exact) mass is 876 g/mol. The summed E-state index contributed by atoms with van der Waals surface area (Å²) in [5.74, 6) is 0. The van der Waals surface area contributed by atoms with E-state index >= 15 is 0 Å². The molecule has 4 nitrogen and oxygen atoms in total. The van der Waals surface area contributed by atoms with E-state index in [9.17, 15) is 0 Å². The van der Waals surface area contributed by atoms with Gasteiger partial charge in [0.2, 0.25) is 0 Å². The van der Waals surface area contributed by atoms with Crippen LogP contribution in [0.1, 0.15) is 49.9 Å². The lowest BCUT2D eigenvalue weighted by molar-refractivity contribution is 0.631. The van der Waals surface area contributed by atoms with Crippen LogP contribution in [-0.2, 0) is 10.8 Å². The van der Waals surface area contributed by atoms with E-state index in [1.807, 2.05) is 24.3 Å². The number of para-hydroxylation sites is 6. The van der Waals surface area contributed by atoms with Crippen LogP contribution in [-0.4, -0.2) is 0 Å². The Balaban J connectivity index is 0.000000135. The highest BCUT2D eigenvalue weighted by Gasteiger charge is 2.38. The van der Waals surface area contributed by atoms with Crippen LogP contribution >= 0.6 is 22.6 Å². The SMILES string of the molecule is CC1(C)c2ccccc2N(c2cc(I)c3oc4ccccc4c3c2)c2ccccc21.CC1(C)c2ccccc2N(c2ccc3oc4ccccc4c3c2)c2ccccc21. The molecule has 0 fully saturated rings. The van der Waals surface area contributed by atoms with Gasteiger partial charge in [0, 0.05) is 43.7 Å². The normalized spacial score (nSPS) is 14.7. The molecular formula is C54H41IN2O2. The summed E-state index contributed by atoms with van der Waals surface area (Å²) in [6, 6.07) is 62.6. The number of anilines is 6. The van der Waals surface area contributed by atoms with Gasteiger partial charge in [0.05, 0.1) is 26.3 Å². The van der Waals surface area contributed by atoms with Crippen LogP contribution in [0.15, 0.2) is 185 Å². The molecule has 12 rings (SSSR count). The number of nitrogens with zero attached hydrogens (tertiary/aromatic N) is 2. The van der Waals surface area contributed by atoms with Crippen molar-refractivity contribution in [3.05, 3.63) is 202 Å². The van der Waals surface area contributed by atoms with Crippen molar-refractivity contribution in [1.29, 1.82) is 0 Å². The highest BCUT2D eigenvalue weighted by molar-refractivity contribution is 14.1. The van der Waals surface area contributed by atoms with E-state index < -0.39 is 0 Å². The fourth-order valence-electron chi connectivity index (χ4n) is 9.65. The summed E-state index contributed by atoms with van der Waals surface area (Å²) in [6.45, 7) is 9.26. The lowest BCUT2D eigenvalue weighted by atomic mass is 9.73. The molecule has 59 heavy (non-hydrogen) atoms. The van der Waals surface area contributed by atoms with Crippen LogP contribution in [0.4, 0.5) is 34.1 Å². The first kappa shape index (κ1) is 35.8. The number of hydrogen-bond acceptors (Lipinski definition) is 4. The van der Waals surface area contributed by atoms with Crippen LogP contribution in [0.25, 0.3) is 43.9 Å². The van der Waals surface area contributed by atoms with E-state index in [0.717, 1.165) is 58.8 Å². The predicted molar refractivity (Wildman–Crippen MR) is 254 cm³/mol. The first-order valence-corrected chi connectivity index (χ1v) is 21.3. The molecule has 0 spiro atoms. The van der Waals surface area contributed by atoms with Gasteiger partial charge in [-0.15, -0.1) is 0 Å². The third-order valence-electron chi connectivity index (χ3n) is 12.6. The molecule has 2 aromatic heterocycles. The van der Waals surface area contributed by atoms with Crippen LogP contribution in [0.5, 0.6) is 0 Å². The van der Waals surface area contributed by atoms with Crippen molar-refractivity contribution >= 4 is 101 Å². The Morgan fingerprint density at radius 3 is 1.29 bits per heavy atom. The first-order chi connectivity index (χ1) is 28.7. The molecule has 286 valence electrons. The Morgan fingerprint density at radius 1 is 0.373 bits per heavy atom. The van der Waals surface area contributed by atoms with Crippen molar-refractivity contribution in [2.24, 2.45) is 0 Å². The second kappa shape index (κ2) is 13.4. The van der Waals surface area contributed by atoms with Gasteiger partial charge in [0.15, 0.2) is 0 Å². The highest BCUT2D eigenvalue weighted by Crippen LogP contribution is 2.54. The molecule has 4 heterocycles. The standard InChI is InChI=1S/C27H20INO.C27H21NO/c1-27(2)20-10-4-6-12-23(20)29(24-13-7-5-11-21(24)27)17-15-19-18-9-3-8-14-25(18)30-26(19)22(28)16-17;1-27(2)21-10-4-6-12-23(21)28(24-13-7-5-11-22(24)27)18-15-16-26-20(17-18)19-9-3-8-14-25(19)29-26/h3-16H,1-2H3;3-17H,1-2H3. The van der Waals surface area contributed by atoms with Crippen LogP contribution < -0.4 is 9.80 Å². The highest BCUT2D eigenvalue weighted by atomic mass is 127. The van der Waals surface area contributed by atoms with Crippen molar-refractivity contribution in [3.63, 3.8) is 0 Å². The predicted octanol–water partition coefficient (Wildman–Crippen LogP) is 16.0. The van der Waals surface area contributed by atoms with Gasteiger partial charge >= 0.3 is 0 Å². The molecule has 0 bridgehead atoms. The molecule has 5 heteroatoms. The number of halogens is 1. The maximum atomic E-state index is 6.17. The van der Waals surface area contributed by atoms with E-state index in [1.165, 1.54) is 45.0 Å². The third-order valence-corrected chi connectivity index (χ3v) is 13.4. The second-order valence-corrected chi connectivity index (χ2v) is 17.8. The van der Waals surface area contributed by atoms with Gasteiger partial charge in [-0.2, -0.15) is 0 Å². The maximum Gasteiger partial charge on any atom is 0.148 e. The van der Waals surface area contributed by atoms with E-state index in [4.69, 9.17) is 8.83 Å². The summed E-state index contributed by atoms with van der Waals surface area (Å²) in [5.41, 5.74) is 16.3. The minimum absolute atomic E-state index is 0.0455. The number of fused-ring (bicyclic) bond motifs is 10. The zero-order valence-corrected chi connectivity index (χ0v) is 35.5. The summed E-state index contributed by atoms with van der Waals surface area (Å²) < 4.78 is 13.3. The molecular weight excluding hydrogens is 836 g/mol. The number of furan rings is 2.